The van der Waals surface area contributed by atoms with Crippen LogP contribution in [0.3, 0.4) is 0 Å². The molecule has 0 spiro atoms. The fraction of sp³-hybridized carbons (Fsp3) is 0.455. The molecule has 174 valence electrons. The van der Waals surface area contributed by atoms with Gasteiger partial charge in [0.25, 0.3) is 5.91 Å². The van der Waals surface area contributed by atoms with Crippen LogP contribution in [0.1, 0.15) is 34.8 Å². The number of rotatable bonds is 6. The van der Waals surface area contributed by atoms with Crippen molar-refractivity contribution in [3.05, 3.63) is 41.7 Å². The van der Waals surface area contributed by atoms with Crippen molar-refractivity contribution in [1.82, 2.24) is 24.9 Å². The molecule has 0 bridgehead atoms. The van der Waals surface area contributed by atoms with Gasteiger partial charge in [0.15, 0.2) is 5.65 Å². The number of nitrogens with one attached hydrogen (secondary N) is 3. The second-order valence-corrected chi connectivity index (χ2v) is 8.24. The Bertz CT molecular complexity index is 1140. The minimum Gasteiger partial charge on any atom is -0.388 e. The summed E-state index contributed by atoms with van der Waals surface area (Å²) in [5, 5.41) is 23.4. The summed E-state index contributed by atoms with van der Waals surface area (Å²) in [6.07, 6.45) is 2.82. The summed E-state index contributed by atoms with van der Waals surface area (Å²) in [7, 11) is 1.77. The van der Waals surface area contributed by atoms with Crippen molar-refractivity contribution in [2.45, 2.75) is 30.9 Å². The van der Waals surface area contributed by atoms with E-state index < -0.39 is 12.1 Å². The lowest BCUT2D eigenvalue weighted by molar-refractivity contribution is 0.0793. The molecule has 33 heavy (non-hydrogen) atoms. The highest BCUT2D eigenvalue weighted by Gasteiger charge is 2.29. The minimum absolute atomic E-state index is 0.203. The van der Waals surface area contributed by atoms with E-state index in [2.05, 4.69) is 26.0 Å². The molecule has 5 heterocycles. The van der Waals surface area contributed by atoms with Crippen LogP contribution < -0.4 is 16.0 Å². The van der Waals surface area contributed by atoms with Crippen molar-refractivity contribution in [1.29, 1.82) is 0 Å². The Kier molecular flexibility index (Phi) is 6.07. The number of fused-ring (bicyclic) bond motifs is 1. The van der Waals surface area contributed by atoms with Gasteiger partial charge in [-0.3, -0.25) is 4.79 Å². The Hall–Kier alpha value is -3.28. The van der Waals surface area contributed by atoms with Gasteiger partial charge >= 0.3 is 0 Å². The third kappa shape index (κ3) is 4.47. The first-order chi connectivity index (χ1) is 16.1. The van der Waals surface area contributed by atoms with E-state index in [0.717, 1.165) is 25.1 Å². The summed E-state index contributed by atoms with van der Waals surface area (Å²) in [6.45, 7) is 1.95. The summed E-state index contributed by atoms with van der Waals surface area (Å²) in [5.41, 5.74) is 1.67. The Morgan fingerprint density at radius 3 is 2.85 bits per heavy atom. The van der Waals surface area contributed by atoms with E-state index >= 15 is 0 Å². The molecule has 2 saturated heterocycles. The molecule has 4 N–H and O–H groups in total. The number of anilines is 3. The quantitative estimate of drug-likeness (QED) is 0.435. The first kappa shape index (κ1) is 21.6. The van der Waals surface area contributed by atoms with Gasteiger partial charge in [-0.2, -0.15) is 9.61 Å². The van der Waals surface area contributed by atoms with Crippen LogP contribution in [-0.4, -0.2) is 76.2 Å². The van der Waals surface area contributed by atoms with E-state index in [1.165, 1.54) is 6.20 Å². The molecule has 3 aromatic heterocycles. The summed E-state index contributed by atoms with van der Waals surface area (Å²) < 4.78 is 12.4. The molecule has 0 saturated carbocycles. The van der Waals surface area contributed by atoms with Gasteiger partial charge in [-0.25, -0.2) is 9.97 Å². The van der Waals surface area contributed by atoms with Crippen molar-refractivity contribution in [3.8, 4) is 0 Å². The van der Waals surface area contributed by atoms with Crippen LogP contribution in [0.25, 0.3) is 5.65 Å². The second-order valence-electron chi connectivity index (χ2n) is 8.24. The van der Waals surface area contributed by atoms with E-state index in [1.807, 2.05) is 18.2 Å². The van der Waals surface area contributed by atoms with Crippen LogP contribution in [0.15, 0.2) is 30.5 Å². The molecule has 11 heteroatoms. The van der Waals surface area contributed by atoms with Crippen molar-refractivity contribution < 1.29 is 19.4 Å². The number of hydrogen-bond donors (Lipinski definition) is 4. The number of nitrogens with zero attached hydrogens (tertiary/aromatic N) is 4. The number of aliphatic hydroxyl groups is 1. The molecule has 0 radical (unpaired) electrons. The normalized spacial score (nSPS) is 22.9. The predicted octanol–water partition coefficient (Wildman–Crippen LogP) is 1.29. The molecule has 5 rings (SSSR count). The van der Waals surface area contributed by atoms with Gasteiger partial charge in [-0.1, -0.05) is 6.07 Å². The van der Waals surface area contributed by atoms with Gasteiger partial charge in [0.2, 0.25) is 0 Å². The molecule has 1 amide bonds. The molecular weight excluding hydrogens is 426 g/mol. The maximum atomic E-state index is 12.9. The summed E-state index contributed by atoms with van der Waals surface area (Å²) in [4.78, 5) is 22.3. The Morgan fingerprint density at radius 2 is 2.09 bits per heavy atom. The van der Waals surface area contributed by atoms with Crippen molar-refractivity contribution in [2.75, 3.05) is 44.1 Å². The SMILES string of the molecule is CNc1cc(Nc2cccc([C@H]3CCCOC3)n2)nc2c(C(=O)NC3COC[C@H]3O)cnn12. The number of amides is 1. The highest BCUT2D eigenvalue weighted by molar-refractivity contribution is 6.00. The molecular formula is C22H27N7O4. The summed E-state index contributed by atoms with van der Waals surface area (Å²) >= 11 is 0. The topological polar surface area (TPSA) is 135 Å². The van der Waals surface area contributed by atoms with Crippen molar-refractivity contribution >= 4 is 29.0 Å². The van der Waals surface area contributed by atoms with Crippen molar-refractivity contribution in [2.24, 2.45) is 0 Å². The van der Waals surface area contributed by atoms with Gasteiger partial charge in [0.05, 0.1) is 38.2 Å². The average molecular weight is 454 g/mol. The van der Waals surface area contributed by atoms with Crippen LogP contribution in [0.2, 0.25) is 0 Å². The average Bonchev–Trinajstić information content (AvgIpc) is 3.45. The number of ether oxygens (including phenoxy) is 2. The standard InChI is InChI=1S/C22H27N7O4/c1-23-20-8-19(27-18-6-2-5-15(25-18)13-4-3-7-32-10-13)28-21-14(9-24-29(20)21)22(31)26-16-11-33-12-17(16)30/h2,5-6,8-9,13,16-17,23,30H,3-4,7,10-12H2,1H3,(H,26,31)(H,25,27,28)/t13-,16?,17+/m0/s1. The third-order valence-corrected chi connectivity index (χ3v) is 5.94. The highest BCUT2D eigenvalue weighted by Crippen LogP contribution is 2.26. The predicted molar refractivity (Wildman–Crippen MR) is 121 cm³/mol. The Labute approximate surface area is 190 Å². The van der Waals surface area contributed by atoms with Gasteiger partial charge in [0, 0.05) is 31.3 Å². The fourth-order valence-corrected chi connectivity index (χ4v) is 4.15. The highest BCUT2D eigenvalue weighted by atomic mass is 16.5. The van der Waals surface area contributed by atoms with E-state index in [9.17, 15) is 9.90 Å². The number of aliphatic hydroxyl groups excluding tert-OH is 1. The minimum atomic E-state index is -0.734. The number of aromatic nitrogens is 4. The third-order valence-electron chi connectivity index (χ3n) is 5.94. The molecule has 11 nitrogen and oxygen atoms in total. The number of carbonyl (C=O) groups excluding carboxylic acids is 1. The largest absolute Gasteiger partial charge is 0.388 e. The lowest BCUT2D eigenvalue weighted by atomic mass is 9.98. The number of pyridine rings is 1. The zero-order valence-electron chi connectivity index (χ0n) is 18.3. The number of carbonyl (C=O) groups is 1. The van der Waals surface area contributed by atoms with Crippen molar-refractivity contribution in [3.63, 3.8) is 0 Å². The number of hydrogen-bond acceptors (Lipinski definition) is 9. The van der Waals surface area contributed by atoms with Gasteiger partial charge < -0.3 is 30.5 Å². The van der Waals surface area contributed by atoms with Gasteiger partial charge in [0.1, 0.15) is 23.0 Å². The Morgan fingerprint density at radius 1 is 1.18 bits per heavy atom. The maximum Gasteiger partial charge on any atom is 0.257 e. The van der Waals surface area contributed by atoms with Crippen LogP contribution in [-0.2, 0) is 9.47 Å². The molecule has 2 aliphatic rings. The molecule has 0 aliphatic carbocycles. The first-order valence-corrected chi connectivity index (χ1v) is 11.1. The maximum absolute atomic E-state index is 12.9. The van der Waals surface area contributed by atoms with Crippen LogP contribution in [0.5, 0.6) is 0 Å². The van der Waals surface area contributed by atoms with E-state index in [4.69, 9.17) is 14.5 Å². The van der Waals surface area contributed by atoms with E-state index in [-0.39, 0.29) is 25.0 Å². The molecule has 2 aliphatic heterocycles. The first-order valence-electron chi connectivity index (χ1n) is 11.1. The smallest absolute Gasteiger partial charge is 0.257 e. The van der Waals surface area contributed by atoms with Gasteiger partial charge in [-0.15, -0.1) is 0 Å². The Balaban J connectivity index is 1.42. The second kappa shape index (κ2) is 9.30. The molecule has 3 aromatic rings. The van der Waals surface area contributed by atoms with Crippen LogP contribution >= 0.6 is 0 Å². The lowest BCUT2D eigenvalue weighted by Crippen LogP contribution is -2.42. The zero-order chi connectivity index (χ0) is 22.8. The van der Waals surface area contributed by atoms with Gasteiger partial charge in [-0.05, 0) is 25.0 Å². The summed E-state index contributed by atoms with van der Waals surface area (Å²) in [5.74, 6) is 1.75. The van der Waals surface area contributed by atoms with Crippen LogP contribution in [0, 0.1) is 0 Å². The van der Waals surface area contributed by atoms with E-state index in [1.54, 1.807) is 17.6 Å². The lowest BCUT2D eigenvalue weighted by Gasteiger charge is -2.22. The molecule has 1 unspecified atom stereocenters. The molecule has 3 atom stereocenters. The molecule has 0 aromatic carbocycles. The van der Waals surface area contributed by atoms with E-state index in [0.29, 0.717) is 35.3 Å². The fourth-order valence-electron chi connectivity index (χ4n) is 4.15. The monoisotopic (exact) mass is 453 g/mol. The summed E-state index contributed by atoms with van der Waals surface area (Å²) in [6, 6.07) is 7.19. The van der Waals surface area contributed by atoms with Crippen LogP contribution in [0.4, 0.5) is 17.5 Å². The zero-order valence-corrected chi connectivity index (χ0v) is 18.3. The molecule has 2 fully saturated rings.